The van der Waals surface area contributed by atoms with Crippen LogP contribution in [0, 0.1) is 12.7 Å². The number of hydrogen-bond donors (Lipinski definition) is 1. The van der Waals surface area contributed by atoms with Crippen molar-refractivity contribution in [3.05, 3.63) is 59.4 Å². The van der Waals surface area contributed by atoms with Crippen LogP contribution in [-0.2, 0) is 6.42 Å². The molecule has 0 bridgehead atoms. The van der Waals surface area contributed by atoms with Crippen molar-refractivity contribution in [2.24, 2.45) is 5.73 Å². The van der Waals surface area contributed by atoms with E-state index in [-0.39, 0.29) is 11.9 Å². The van der Waals surface area contributed by atoms with E-state index >= 15 is 0 Å². The molecule has 0 aliphatic carbocycles. The molecule has 2 N–H and O–H groups in total. The average Bonchev–Trinajstić information content (AvgIpc) is 2.44. The Balaban J connectivity index is 2.32. The van der Waals surface area contributed by atoms with E-state index in [0.717, 1.165) is 17.7 Å². The number of ether oxygens (including phenoxy) is 1. The third-order valence-electron chi connectivity index (χ3n) is 3.38. The minimum absolute atomic E-state index is 0.0638. The van der Waals surface area contributed by atoms with Crippen LogP contribution >= 0.6 is 0 Å². The van der Waals surface area contributed by atoms with Crippen LogP contribution in [0.4, 0.5) is 4.39 Å². The van der Waals surface area contributed by atoms with Crippen LogP contribution in [0.3, 0.4) is 0 Å². The third kappa shape index (κ3) is 3.36. The predicted octanol–water partition coefficient (Wildman–Crippen LogP) is 4.21. The predicted molar refractivity (Wildman–Crippen MR) is 79.6 cm³/mol. The van der Waals surface area contributed by atoms with Crippen molar-refractivity contribution >= 4 is 0 Å². The minimum Gasteiger partial charge on any atom is -0.457 e. The van der Waals surface area contributed by atoms with Crippen molar-refractivity contribution in [1.29, 1.82) is 0 Å². The highest BCUT2D eigenvalue weighted by molar-refractivity contribution is 5.41. The Bertz CT molecular complexity index is 583. The van der Waals surface area contributed by atoms with Crippen LogP contribution in [0.25, 0.3) is 0 Å². The Hall–Kier alpha value is -1.87. The van der Waals surface area contributed by atoms with E-state index in [4.69, 9.17) is 10.5 Å². The van der Waals surface area contributed by atoms with Crippen molar-refractivity contribution in [1.82, 2.24) is 0 Å². The Kier molecular flexibility index (Phi) is 4.74. The van der Waals surface area contributed by atoms with Crippen LogP contribution in [0.2, 0.25) is 0 Å². The lowest BCUT2D eigenvalue weighted by Gasteiger charge is -2.16. The van der Waals surface area contributed by atoms with Gasteiger partial charge in [0.1, 0.15) is 17.3 Å². The summed E-state index contributed by atoms with van der Waals surface area (Å²) in [7, 11) is 0. The van der Waals surface area contributed by atoms with Gasteiger partial charge in [-0.25, -0.2) is 4.39 Å². The Labute approximate surface area is 119 Å². The number of halogens is 1. The normalized spacial score (nSPS) is 12.2. The summed E-state index contributed by atoms with van der Waals surface area (Å²) >= 11 is 0. The standard InChI is InChI=1S/C17H20FNO/c1-3-13(19)11-14-15(18)8-6-10-17(14)20-16-9-5-4-7-12(16)2/h4-10,13H,3,11,19H2,1-2H3. The fourth-order valence-corrected chi connectivity index (χ4v) is 2.03. The van der Waals surface area contributed by atoms with Gasteiger partial charge in [0.25, 0.3) is 0 Å². The second-order valence-corrected chi connectivity index (χ2v) is 4.96. The van der Waals surface area contributed by atoms with Gasteiger partial charge in [0.15, 0.2) is 0 Å². The molecule has 3 heteroatoms. The van der Waals surface area contributed by atoms with Gasteiger partial charge < -0.3 is 10.5 Å². The maximum atomic E-state index is 14.0. The first-order chi connectivity index (χ1) is 9.61. The Morgan fingerprint density at radius 2 is 1.80 bits per heavy atom. The molecule has 0 radical (unpaired) electrons. The van der Waals surface area contributed by atoms with Crippen LogP contribution in [0.5, 0.6) is 11.5 Å². The first-order valence-corrected chi connectivity index (χ1v) is 6.88. The number of nitrogens with two attached hydrogens (primary N) is 1. The molecule has 2 nitrogen and oxygen atoms in total. The zero-order chi connectivity index (χ0) is 14.5. The maximum absolute atomic E-state index is 14.0. The van der Waals surface area contributed by atoms with Gasteiger partial charge in [-0.3, -0.25) is 0 Å². The molecule has 0 fully saturated rings. The molecule has 1 unspecified atom stereocenters. The number of para-hydroxylation sites is 1. The lowest BCUT2D eigenvalue weighted by Crippen LogP contribution is -2.22. The van der Waals surface area contributed by atoms with Crippen molar-refractivity contribution in [2.45, 2.75) is 32.7 Å². The Morgan fingerprint density at radius 1 is 1.10 bits per heavy atom. The van der Waals surface area contributed by atoms with Gasteiger partial charge in [-0.2, -0.15) is 0 Å². The monoisotopic (exact) mass is 273 g/mol. The molecule has 106 valence electrons. The molecule has 2 aromatic carbocycles. The van der Waals surface area contributed by atoms with Crippen molar-refractivity contribution in [2.75, 3.05) is 0 Å². The summed E-state index contributed by atoms with van der Waals surface area (Å²) in [4.78, 5) is 0. The highest BCUT2D eigenvalue weighted by Gasteiger charge is 2.14. The van der Waals surface area contributed by atoms with Gasteiger partial charge in [-0.05, 0) is 43.5 Å². The van der Waals surface area contributed by atoms with Crippen LogP contribution in [-0.4, -0.2) is 6.04 Å². The average molecular weight is 273 g/mol. The zero-order valence-electron chi connectivity index (χ0n) is 11.9. The van der Waals surface area contributed by atoms with Crippen molar-refractivity contribution in [3.8, 4) is 11.5 Å². The summed E-state index contributed by atoms with van der Waals surface area (Å²) in [5.74, 6) is 1.02. The van der Waals surface area contributed by atoms with Gasteiger partial charge in [0.2, 0.25) is 0 Å². The van der Waals surface area contributed by atoms with Crippen LogP contribution in [0.15, 0.2) is 42.5 Å². The smallest absolute Gasteiger partial charge is 0.133 e. The molecule has 1 atom stereocenters. The molecule has 0 spiro atoms. The molecule has 0 amide bonds. The van der Waals surface area contributed by atoms with Gasteiger partial charge in [-0.15, -0.1) is 0 Å². The molecule has 2 rings (SSSR count). The first kappa shape index (κ1) is 14.5. The minimum atomic E-state index is -0.264. The lowest BCUT2D eigenvalue weighted by atomic mass is 10.0. The molecular weight excluding hydrogens is 253 g/mol. The van der Waals surface area contributed by atoms with Gasteiger partial charge in [0.05, 0.1) is 0 Å². The summed E-state index contributed by atoms with van der Waals surface area (Å²) in [6.45, 7) is 3.96. The molecule has 0 saturated carbocycles. The quantitative estimate of drug-likeness (QED) is 0.885. The SMILES string of the molecule is CCC(N)Cc1c(F)cccc1Oc1ccccc1C. The molecule has 2 aromatic rings. The fraction of sp³-hybridized carbons (Fsp3) is 0.294. The molecule has 0 aliphatic rings. The van der Waals surface area contributed by atoms with Crippen molar-refractivity contribution in [3.63, 3.8) is 0 Å². The van der Waals surface area contributed by atoms with Gasteiger partial charge >= 0.3 is 0 Å². The van der Waals surface area contributed by atoms with Crippen LogP contribution in [0.1, 0.15) is 24.5 Å². The number of hydrogen-bond acceptors (Lipinski definition) is 2. The first-order valence-electron chi connectivity index (χ1n) is 6.88. The summed E-state index contributed by atoms with van der Waals surface area (Å²) in [6, 6.07) is 12.5. The molecule has 0 aromatic heterocycles. The lowest BCUT2D eigenvalue weighted by molar-refractivity contribution is 0.458. The second-order valence-electron chi connectivity index (χ2n) is 4.96. The highest BCUT2D eigenvalue weighted by Crippen LogP contribution is 2.30. The summed E-state index contributed by atoms with van der Waals surface area (Å²) in [5.41, 5.74) is 7.51. The third-order valence-corrected chi connectivity index (χ3v) is 3.38. The summed E-state index contributed by atoms with van der Waals surface area (Å²) in [6.07, 6.45) is 1.28. The maximum Gasteiger partial charge on any atom is 0.133 e. The summed E-state index contributed by atoms with van der Waals surface area (Å²) in [5, 5.41) is 0. The van der Waals surface area contributed by atoms with E-state index in [1.807, 2.05) is 38.1 Å². The highest BCUT2D eigenvalue weighted by atomic mass is 19.1. The molecular formula is C17H20FNO. The molecule has 0 saturated heterocycles. The van der Waals surface area contributed by atoms with E-state index in [2.05, 4.69) is 0 Å². The number of aryl methyl sites for hydroxylation is 1. The van der Waals surface area contributed by atoms with Gasteiger partial charge in [-0.1, -0.05) is 31.2 Å². The van der Waals surface area contributed by atoms with E-state index in [9.17, 15) is 4.39 Å². The largest absolute Gasteiger partial charge is 0.457 e. The van der Waals surface area contributed by atoms with Crippen LogP contribution < -0.4 is 10.5 Å². The van der Waals surface area contributed by atoms with E-state index in [1.165, 1.54) is 6.07 Å². The molecule has 0 heterocycles. The second kappa shape index (κ2) is 6.53. The van der Waals surface area contributed by atoms with Gasteiger partial charge in [0, 0.05) is 11.6 Å². The van der Waals surface area contributed by atoms with Crippen molar-refractivity contribution < 1.29 is 9.13 Å². The number of rotatable bonds is 5. The zero-order valence-corrected chi connectivity index (χ0v) is 11.9. The topological polar surface area (TPSA) is 35.2 Å². The van der Waals surface area contributed by atoms with E-state index < -0.39 is 0 Å². The molecule has 0 aliphatic heterocycles. The fourth-order valence-electron chi connectivity index (χ4n) is 2.03. The summed E-state index contributed by atoms with van der Waals surface area (Å²) < 4.78 is 19.9. The Morgan fingerprint density at radius 3 is 2.50 bits per heavy atom. The van der Waals surface area contributed by atoms with E-state index in [1.54, 1.807) is 12.1 Å². The van der Waals surface area contributed by atoms with E-state index in [0.29, 0.717) is 17.7 Å². The number of benzene rings is 2. The molecule has 20 heavy (non-hydrogen) atoms.